The normalized spacial score (nSPS) is 10.9. The Morgan fingerprint density at radius 2 is 2.10 bits per heavy atom. The Balaban J connectivity index is 1.91. The number of fused-ring (bicyclic) bond motifs is 1. The van der Waals surface area contributed by atoms with Gasteiger partial charge in [-0.05, 0) is 58.1 Å². The SMILES string of the molecule is Cc1cc(N)c(NC(=O)c2cc3sccc3s2)c(Br)c1. The van der Waals surface area contributed by atoms with E-state index in [0.29, 0.717) is 16.3 Å². The van der Waals surface area contributed by atoms with E-state index in [0.717, 1.165) is 19.4 Å². The van der Waals surface area contributed by atoms with Gasteiger partial charge in [0.05, 0.1) is 16.3 Å². The molecule has 0 aliphatic heterocycles. The number of nitrogens with two attached hydrogens (primary N) is 1. The van der Waals surface area contributed by atoms with Gasteiger partial charge in [0, 0.05) is 13.9 Å². The van der Waals surface area contributed by atoms with E-state index in [4.69, 9.17) is 5.73 Å². The molecule has 0 atom stereocenters. The van der Waals surface area contributed by atoms with E-state index < -0.39 is 0 Å². The van der Waals surface area contributed by atoms with Gasteiger partial charge in [-0.1, -0.05) is 0 Å². The summed E-state index contributed by atoms with van der Waals surface area (Å²) in [4.78, 5) is 13.0. The molecule has 0 aliphatic rings. The van der Waals surface area contributed by atoms with Crippen LogP contribution in [0.3, 0.4) is 0 Å². The molecule has 0 unspecified atom stereocenters. The number of benzene rings is 1. The summed E-state index contributed by atoms with van der Waals surface area (Å²) >= 11 is 6.56. The third kappa shape index (κ3) is 2.46. The predicted molar refractivity (Wildman–Crippen MR) is 90.9 cm³/mol. The van der Waals surface area contributed by atoms with Crippen molar-refractivity contribution in [1.82, 2.24) is 0 Å². The molecule has 3 aromatic rings. The molecule has 0 spiro atoms. The van der Waals surface area contributed by atoms with Gasteiger partial charge in [0.15, 0.2) is 0 Å². The van der Waals surface area contributed by atoms with Gasteiger partial charge in [-0.3, -0.25) is 4.79 Å². The van der Waals surface area contributed by atoms with Gasteiger partial charge >= 0.3 is 0 Å². The molecule has 1 amide bonds. The van der Waals surface area contributed by atoms with Crippen LogP contribution in [0.2, 0.25) is 0 Å². The predicted octanol–water partition coefficient (Wildman–Crippen LogP) is 4.87. The minimum absolute atomic E-state index is 0.130. The maximum atomic E-state index is 12.3. The average Bonchev–Trinajstić information content (AvgIpc) is 2.93. The van der Waals surface area contributed by atoms with E-state index in [-0.39, 0.29) is 5.91 Å². The molecule has 0 bridgehead atoms. The Bertz CT molecular complexity index is 755. The molecule has 3 rings (SSSR count). The summed E-state index contributed by atoms with van der Waals surface area (Å²) in [5.41, 5.74) is 8.19. The van der Waals surface area contributed by atoms with Crippen LogP contribution < -0.4 is 11.1 Å². The molecule has 0 fully saturated rings. The first kappa shape index (κ1) is 13.6. The standard InChI is InChI=1S/C14H11BrN2OS2/c1-7-4-8(15)13(9(16)5-7)17-14(18)12-6-11-10(20-12)2-3-19-11/h2-6H,16H2,1H3,(H,17,18). The topological polar surface area (TPSA) is 55.1 Å². The fourth-order valence-electron chi connectivity index (χ4n) is 1.95. The summed E-state index contributed by atoms with van der Waals surface area (Å²) in [5.74, 6) is -0.130. The average molecular weight is 367 g/mol. The van der Waals surface area contributed by atoms with Gasteiger partial charge in [0.1, 0.15) is 0 Å². The minimum atomic E-state index is -0.130. The number of carbonyl (C=O) groups is 1. The highest BCUT2D eigenvalue weighted by atomic mass is 79.9. The largest absolute Gasteiger partial charge is 0.397 e. The quantitative estimate of drug-likeness (QED) is 0.635. The van der Waals surface area contributed by atoms with Crippen LogP contribution in [0.4, 0.5) is 11.4 Å². The highest BCUT2D eigenvalue weighted by molar-refractivity contribution is 9.10. The van der Waals surface area contributed by atoms with Gasteiger partial charge in [0.2, 0.25) is 0 Å². The zero-order valence-corrected chi connectivity index (χ0v) is 13.8. The van der Waals surface area contributed by atoms with Crippen molar-refractivity contribution in [3.8, 4) is 0 Å². The summed E-state index contributed by atoms with van der Waals surface area (Å²) in [7, 11) is 0. The number of nitrogens with one attached hydrogen (secondary N) is 1. The lowest BCUT2D eigenvalue weighted by atomic mass is 10.2. The van der Waals surface area contributed by atoms with E-state index in [1.165, 1.54) is 11.3 Å². The lowest BCUT2D eigenvalue weighted by molar-refractivity contribution is 0.103. The van der Waals surface area contributed by atoms with Crippen LogP contribution in [0.25, 0.3) is 9.40 Å². The van der Waals surface area contributed by atoms with Crippen molar-refractivity contribution in [2.45, 2.75) is 6.92 Å². The summed E-state index contributed by atoms with van der Waals surface area (Å²) in [6, 6.07) is 7.71. The van der Waals surface area contributed by atoms with Crippen LogP contribution in [0.5, 0.6) is 0 Å². The van der Waals surface area contributed by atoms with Crippen LogP contribution >= 0.6 is 38.6 Å². The van der Waals surface area contributed by atoms with E-state index in [1.807, 2.05) is 36.6 Å². The first-order chi connectivity index (χ1) is 9.54. The molecule has 0 saturated carbocycles. The van der Waals surface area contributed by atoms with Crippen molar-refractivity contribution in [1.29, 1.82) is 0 Å². The fraction of sp³-hybridized carbons (Fsp3) is 0.0714. The lowest BCUT2D eigenvalue weighted by Crippen LogP contribution is -2.12. The van der Waals surface area contributed by atoms with E-state index >= 15 is 0 Å². The Morgan fingerprint density at radius 1 is 1.30 bits per heavy atom. The number of anilines is 2. The highest BCUT2D eigenvalue weighted by Gasteiger charge is 2.14. The van der Waals surface area contributed by atoms with Crippen molar-refractivity contribution in [2.24, 2.45) is 0 Å². The molecular weight excluding hydrogens is 356 g/mol. The molecular formula is C14H11BrN2OS2. The molecule has 20 heavy (non-hydrogen) atoms. The molecule has 102 valence electrons. The molecule has 2 aromatic heterocycles. The van der Waals surface area contributed by atoms with Gasteiger partial charge in [-0.2, -0.15) is 0 Å². The van der Waals surface area contributed by atoms with E-state index in [9.17, 15) is 4.79 Å². The summed E-state index contributed by atoms with van der Waals surface area (Å²) in [6.45, 7) is 1.96. The zero-order chi connectivity index (χ0) is 14.3. The Morgan fingerprint density at radius 3 is 2.80 bits per heavy atom. The van der Waals surface area contributed by atoms with Crippen LogP contribution in [0, 0.1) is 6.92 Å². The molecule has 0 aliphatic carbocycles. The molecule has 3 nitrogen and oxygen atoms in total. The van der Waals surface area contributed by atoms with Crippen LogP contribution in [-0.4, -0.2) is 5.91 Å². The van der Waals surface area contributed by atoms with Crippen molar-refractivity contribution < 1.29 is 4.79 Å². The van der Waals surface area contributed by atoms with Gasteiger partial charge in [-0.25, -0.2) is 0 Å². The van der Waals surface area contributed by atoms with E-state index in [2.05, 4.69) is 21.2 Å². The summed E-state index contributed by atoms with van der Waals surface area (Å²) in [6.07, 6.45) is 0. The number of aryl methyl sites for hydroxylation is 1. The molecule has 2 heterocycles. The van der Waals surface area contributed by atoms with Crippen molar-refractivity contribution in [3.63, 3.8) is 0 Å². The second-order valence-corrected chi connectivity index (χ2v) is 7.31. The highest BCUT2D eigenvalue weighted by Crippen LogP contribution is 2.33. The maximum Gasteiger partial charge on any atom is 0.265 e. The number of amides is 1. The smallest absolute Gasteiger partial charge is 0.265 e. The molecule has 1 aromatic carbocycles. The minimum Gasteiger partial charge on any atom is -0.397 e. The second kappa shape index (κ2) is 5.20. The number of hydrogen-bond acceptors (Lipinski definition) is 4. The Kier molecular flexibility index (Phi) is 3.54. The summed E-state index contributed by atoms with van der Waals surface area (Å²) in [5, 5.41) is 4.90. The third-order valence-electron chi connectivity index (χ3n) is 2.87. The first-order valence-corrected chi connectivity index (χ1v) is 8.37. The van der Waals surface area contributed by atoms with Crippen molar-refractivity contribution >= 4 is 65.3 Å². The molecule has 3 N–H and O–H groups in total. The van der Waals surface area contributed by atoms with Crippen molar-refractivity contribution in [3.05, 3.63) is 44.6 Å². The van der Waals surface area contributed by atoms with E-state index in [1.54, 1.807) is 11.3 Å². The number of halogens is 1. The maximum absolute atomic E-state index is 12.3. The Hall–Kier alpha value is -1.37. The van der Waals surface area contributed by atoms with Crippen LogP contribution in [0.15, 0.2) is 34.1 Å². The number of nitrogen functional groups attached to an aromatic ring is 1. The second-order valence-electron chi connectivity index (χ2n) is 4.42. The van der Waals surface area contributed by atoms with Crippen LogP contribution in [-0.2, 0) is 0 Å². The van der Waals surface area contributed by atoms with Gasteiger partial charge in [-0.15, -0.1) is 22.7 Å². The first-order valence-electron chi connectivity index (χ1n) is 5.88. The number of hydrogen-bond donors (Lipinski definition) is 2. The monoisotopic (exact) mass is 366 g/mol. The third-order valence-corrected chi connectivity index (χ3v) is 5.58. The Labute approximate surface area is 132 Å². The van der Waals surface area contributed by atoms with Crippen LogP contribution in [0.1, 0.15) is 15.2 Å². The fourth-order valence-corrected chi connectivity index (χ4v) is 4.65. The summed E-state index contributed by atoms with van der Waals surface area (Å²) < 4.78 is 3.06. The zero-order valence-electron chi connectivity index (χ0n) is 10.6. The van der Waals surface area contributed by atoms with Gasteiger partial charge < -0.3 is 11.1 Å². The number of rotatable bonds is 2. The number of thiophene rings is 2. The molecule has 6 heteroatoms. The van der Waals surface area contributed by atoms with Crippen molar-refractivity contribution in [2.75, 3.05) is 11.1 Å². The molecule has 0 radical (unpaired) electrons. The number of carbonyl (C=O) groups excluding carboxylic acids is 1. The lowest BCUT2D eigenvalue weighted by Gasteiger charge is -2.10. The molecule has 0 saturated heterocycles. The van der Waals surface area contributed by atoms with Gasteiger partial charge in [0.25, 0.3) is 5.91 Å².